The highest BCUT2D eigenvalue weighted by Crippen LogP contribution is 2.66. The van der Waals surface area contributed by atoms with Crippen molar-refractivity contribution in [1.82, 2.24) is 0 Å². The lowest BCUT2D eigenvalue weighted by Gasteiger charge is -2.63. The molecule has 3 saturated carbocycles. The molecule has 0 aromatic heterocycles. The van der Waals surface area contributed by atoms with Gasteiger partial charge < -0.3 is 0 Å². The van der Waals surface area contributed by atoms with Crippen LogP contribution in [0.4, 0.5) is 0 Å². The van der Waals surface area contributed by atoms with E-state index in [1.54, 1.807) is 0 Å². The second-order valence-electron chi connectivity index (χ2n) is 5.67. The van der Waals surface area contributed by atoms with Crippen LogP contribution < -0.4 is 0 Å². The van der Waals surface area contributed by atoms with Gasteiger partial charge in [-0.1, -0.05) is 33.6 Å². The molecule has 0 saturated heterocycles. The van der Waals surface area contributed by atoms with Crippen LogP contribution >= 0.6 is 22.9 Å². The molecule has 4 atom stereocenters. The first-order chi connectivity index (χ1) is 6.48. The van der Waals surface area contributed by atoms with Crippen molar-refractivity contribution < 1.29 is 0 Å². The van der Waals surface area contributed by atoms with Gasteiger partial charge in [0.2, 0.25) is 0 Å². The molecule has 14 heavy (non-hydrogen) atoms. The monoisotopic (exact) mass is 232 g/mol. The zero-order valence-corrected chi connectivity index (χ0v) is 10.8. The Kier molecular flexibility index (Phi) is 2.86. The SMILES string of the molecule is CC[C@@H]1[C@H](B(Cl)Cl)C[C@H]2C[C@@H]1C2(C)C. The van der Waals surface area contributed by atoms with E-state index in [2.05, 4.69) is 20.8 Å². The third kappa shape index (κ3) is 1.43. The largest absolute Gasteiger partial charge is 0.355 e. The minimum Gasteiger partial charge on any atom is -0.171 e. The van der Waals surface area contributed by atoms with Crippen LogP contribution in [0.3, 0.4) is 0 Å². The summed E-state index contributed by atoms with van der Waals surface area (Å²) in [6, 6.07) is 0. The average molecular weight is 233 g/mol. The zero-order chi connectivity index (χ0) is 10.5. The number of rotatable bonds is 2. The predicted octanol–water partition coefficient (Wildman–Crippen LogP) is 4.41. The molecule has 0 N–H and O–H groups in total. The summed E-state index contributed by atoms with van der Waals surface area (Å²) >= 11 is 12.1. The van der Waals surface area contributed by atoms with Gasteiger partial charge in [-0.3, -0.25) is 0 Å². The normalized spacial score (nSPS) is 44.4. The molecule has 0 amide bonds. The Morgan fingerprint density at radius 2 is 1.93 bits per heavy atom. The molecule has 0 aliphatic heterocycles. The van der Waals surface area contributed by atoms with Gasteiger partial charge in [0, 0.05) is 0 Å². The molecule has 3 heteroatoms. The molecule has 3 aliphatic rings. The van der Waals surface area contributed by atoms with Crippen molar-refractivity contribution in [3.63, 3.8) is 0 Å². The van der Waals surface area contributed by atoms with Gasteiger partial charge in [0.05, 0.1) is 0 Å². The molecule has 0 aromatic rings. The summed E-state index contributed by atoms with van der Waals surface area (Å²) in [6.07, 6.45) is 3.91. The van der Waals surface area contributed by atoms with E-state index in [1.807, 2.05) is 0 Å². The fraction of sp³-hybridized carbons (Fsp3) is 1.00. The number of hydrogen-bond acceptors (Lipinski definition) is 0. The van der Waals surface area contributed by atoms with E-state index >= 15 is 0 Å². The van der Waals surface area contributed by atoms with E-state index < -0.39 is 0 Å². The Morgan fingerprint density at radius 1 is 1.29 bits per heavy atom. The molecule has 0 unspecified atom stereocenters. The average Bonchev–Trinajstić information content (AvgIpc) is 2.16. The van der Waals surface area contributed by atoms with Crippen molar-refractivity contribution in [2.75, 3.05) is 0 Å². The fourth-order valence-corrected chi connectivity index (χ4v) is 4.44. The van der Waals surface area contributed by atoms with Crippen molar-refractivity contribution in [3.8, 4) is 0 Å². The Morgan fingerprint density at radius 3 is 2.36 bits per heavy atom. The molecule has 2 bridgehead atoms. The standard InChI is InChI=1S/C11H19BCl2/c1-4-8-9-5-7(11(9,2)3)6-10(8)12(13)14/h7-10H,4-6H2,1-3H3/t7-,8+,9+,10-/m1/s1. The molecule has 0 spiro atoms. The first-order valence-electron chi connectivity index (χ1n) is 5.76. The highest BCUT2D eigenvalue weighted by Gasteiger charge is 2.58. The van der Waals surface area contributed by atoms with Crippen LogP contribution in [0.15, 0.2) is 0 Å². The van der Waals surface area contributed by atoms with Crippen molar-refractivity contribution in [2.45, 2.75) is 45.9 Å². The van der Waals surface area contributed by atoms with Gasteiger partial charge in [0.15, 0.2) is 0 Å². The Bertz CT molecular complexity index is 225. The van der Waals surface area contributed by atoms with Crippen LogP contribution in [0.25, 0.3) is 0 Å². The number of hydrogen-bond donors (Lipinski definition) is 0. The third-order valence-corrected chi connectivity index (χ3v) is 5.61. The summed E-state index contributed by atoms with van der Waals surface area (Å²) in [7, 11) is 0. The fourth-order valence-electron chi connectivity index (χ4n) is 3.86. The van der Waals surface area contributed by atoms with Crippen LogP contribution in [0.1, 0.15) is 40.0 Å². The predicted molar refractivity (Wildman–Crippen MR) is 65.0 cm³/mol. The van der Waals surface area contributed by atoms with Gasteiger partial charge in [-0.15, -0.1) is 0 Å². The minimum absolute atomic E-state index is 0.152. The van der Waals surface area contributed by atoms with E-state index in [0.717, 1.165) is 17.8 Å². The van der Waals surface area contributed by atoms with Gasteiger partial charge in [-0.05, 0) is 35.4 Å². The molecule has 0 radical (unpaired) electrons. The van der Waals surface area contributed by atoms with Gasteiger partial charge in [-0.2, -0.15) is 22.9 Å². The lowest BCUT2D eigenvalue weighted by molar-refractivity contribution is -0.105. The molecule has 0 nitrogen and oxygen atoms in total. The maximum absolute atomic E-state index is 6.07. The summed E-state index contributed by atoms with van der Waals surface area (Å²) in [6.45, 7) is 7.12. The topological polar surface area (TPSA) is 0 Å². The van der Waals surface area contributed by atoms with E-state index in [4.69, 9.17) is 22.9 Å². The highest BCUT2D eigenvalue weighted by atomic mass is 35.5. The Labute approximate surface area is 97.6 Å². The van der Waals surface area contributed by atoms with Gasteiger partial charge in [-0.25, -0.2) is 0 Å². The van der Waals surface area contributed by atoms with E-state index in [1.165, 1.54) is 19.3 Å². The number of halogens is 2. The number of fused-ring (bicyclic) bond motifs is 2. The summed E-state index contributed by atoms with van der Waals surface area (Å²) in [5, 5.41) is 0. The molecule has 3 aliphatic carbocycles. The lowest BCUT2D eigenvalue weighted by atomic mass is 9.40. The Balaban J connectivity index is 2.15. The summed E-state index contributed by atoms with van der Waals surface area (Å²) in [5.41, 5.74) is 0.404. The first kappa shape index (κ1) is 11.1. The van der Waals surface area contributed by atoms with Crippen molar-refractivity contribution in [1.29, 1.82) is 0 Å². The first-order valence-corrected chi connectivity index (χ1v) is 6.64. The summed E-state index contributed by atoms with van der Waals surface area (Å²) in [4.78, 5) is 0. The van der Waals surface area contributed by atoms with Crippen LogP contribution in [-0.2, 0) is 0 Å². The Hall–Kier alpha value is 0.645. The van der Waals surface area contributed by atoms with Gasteiger partial charge in [0.25, 0.3) is 0 Å². The van der Waals surface area contributed by atoms with Crippen molar-refractivity contribution in [2.24, 2.45) is 23.2 Å². The van der Waals surface area contributed by atoms with Crippen molar-refractivity contribution in [3.05, 3.63) is 0 Å². The molecule has 0 aromatic carbocycles. The van der Waals surface area contributed by atoms with E-state index in [0.29, 0.717) is 11.2 Å². The van der Waals surface area contributed by atoms with Gasteiger partial charge >= 0.3 is 5.54 Å². The molecule has 80 valence electrons. The highest BCUT2D eigenvalue weighted by molar-refractivity contribution is 7.34. The van der Waals surface area contributed by atoms with Crippen LogP contribution in [-0.4, -0.2) is 5.54 Å². The van der Waals surface area contributed by atoms with E-state index in [9.17, 15) is 0 Å². The lowest BCUT2D eigenvalue weighted by Crippen LogP contribution is -2.55. The molecular formula is C11H19BCl2. The van der Waals surface area contributed by atoms with Crippen LogP contribution in [0, 0.1) is 23.2 Å². The molecule has 3 fully saturated rings. The molecule has 3 rings (SSSR count). The van der Waals surface area contributed by atoms with Crippen molar-refractivity contribution >= 4 is 28.5 Å². The quantitative estimate of drug-likeness (QED) is 0.619. The van der Waals surface area contributed by atoms with E-state index in [-0.39, 0.29) is 5.54 Å². The third-order valence-electron chi connectivity index (χ3n) is 4.96. The van der Waals surface area contributed by atoms with Gasteiger partial charge in [0.1, 0.15) is 0 Å². The van der Waals surface area contributed by atoms with Crippen LogP contribution in [0.2, 0.25) is 5.82 Å². The maximum atomic E-state index is 6.07. The maximum Gasteiger partial charge on any atom is 0.355 e. The minimum atomic E-state index is -0.152. The second-order valence-corrected chi connectivity index (χ2v) is 6.83. The van der Waals surface area contributed by atoms with Crippen LogP contribution in [0.5, 0.6) is 0 Å². The smallest absolute Gasteiger partial charge is 0.171 e. The molecular weight excluding hydrogens is 214 g/mol. The zero-order valence-electron chi connectivity index (χ0n) is 9.26. The summed E-state index contributed by atoms with van der Waals surface area (Å²) < 4.78 is 0. The molecule has 0 heterocycles. The second kappa shape index (κ2) is 3.59. The summed E-state index contributed by atoms with van der Waals surface area (Å²) in [5.74, 6) is 3.06.